The lowest BCUT2D eigenvalue weighted by atomic mass is 10.1. The van der Waals surface area contributed by atoms with Crippen LogP contribution in [0.3, 0.4) is 0 Å². The number of halogens is 3. The number of sulfonamides is 1. The standard InChI is InChI=1S/C16H13F3N4O3S/c1-21-27(25,26)12-5-3-11(4-6-12)15(24)23-22-14-7-2-10(9-20)8-13(14)16(17,18)19/h2-8,21-22H,1H3,(H,23,24). The van der Waals surface area contributed by atoms with E-state index in [4.69, 9.17) is 5.26 Å². The summed E-state index contributed by atoms with van der Waals surface area (Å²) in [6.07, 6.45) is -4.73. The SMILES string of the molecule is CNS(=O)(=O)c1ccc(C(=O)NNc2ccc(C#N)cc2C(F)(F)F)cc1. The molecule has 0 spiro atoms. The average Bonchev–Trinajstić information content (AvgIpc) is 2.65. The minimum absolute atomic E-state index is 0.0276. The van der Waals surface area contributed by atoms with Crippen LogP contribution in [0.15, 0.2) is 47.4 Å². The molecule has 1 amide bonds. The number of hydrogen-bond donors (Lipinski definition) is 3. The number of hydrogen-bond acceptors (Lipinski definition) is 5. The van der Waals surface area contributed by atoms with Gasteiger partial charge in [-0.15, -0.1) is 0 Å². The summed E-state index contributed by atoms with van der Waals surface area (Å²) in [6.45, 7) is 0. The molecule has 0 saturated carbocycles. The molecule has 11 heteroatoms. The van der Waals surface area contributed by atoms with Crippen LogP contribution < -0.4 is 15.6 Å². The molecule has 0 aliphatic rings. The molecule has 7 nitrogen and oxygen atoms in total. The Morgan fingerprint density at radius 2 is 1.74 bits per heavy atom. The number of nitrogens with one attached hydrogen (secondary N) is 3. The Bertz CT molecular complexity index is 997. The maximum absolute atomic E-state index is 13.1. The van der Waals surface area contributed by atoms with Gasteiger partial charge in [-0.3, -0.25) is 15.6 Å². The van der Waals surface area contributed by atoms with E-state index in [0.29, 0.717) is 6.07 Å². The van der Waals surface area contributed by atoms with Crippen molar-refractivity contribution in [3.63, 3.8) is 0 Å². The summed E-state index contributed by atoms with van der Waals surface area (Å²) in [7, 11) is -2.44. The maximum atomic E-state index is 13.1. The summed E-state index contributed by atoms with van der Waals surface area (Å²) in [6, 6.07) is 9.25. The Morgan fingerprint density at radius 3 is 2.26 bits per heavy atom. The Balaban J connectivity index is 2.18. The minimum atomic E-state index is -4.73. The van der Waals surface area contributed by atoms with Gasteiger partial charge < -0.3 is 0 Å². The first-order valence-corrected chi connectivity index (χ1v) is 8.78. The summed E-state index contributed by atoms with van der Waals surface area (Å²) in [5.41, 5.74) is 2.56. The molecule has 2 aromatic rings. The summed E-state index contributed by atoms with van der Waals surface area (Å²) >= 11 is 0. The lowest BCUT2D eigenvalue weighted by Gasteiger charge is -2.15. The van der Waals surface area contributed by atoms with E-state index in [-0.39, 0.29) is 16.0 Å². The molecule has 3 N–H and O–H groups in total. The third-order valence-electron chi connectivity index (χ3n) is 3.46. The smallest absolute Gasteiger partial charge is 0.298 e. The predicted molar refractivity (Wildman–Crippen MR) is 89.9 cm³/mol. The normalized spacial score (nSPS) is 11.5. The highest BCUT2D eigenvalue weighted by Crippen LogP contribution is 2.35. The van der Waals surface area contributed by atoms with Gasteiger partial charge in [-0.25, -0.2) is 13.1 Å². The second kappa shape index (κ2) is 7.65. The molecule has 2 aromatic carbocycles. The zero-order valence-corrected chi connectivity index (χ0v) is 14.6. The van der Waals surface area contributed by atoms with Crippen LogP contribution in [-0.2, 0) is 16.2 Å². The first-order valence-electron chi connectivity index (χ1n) is 7.30. The predicted octanol–water partition coefficient (Wildman–Crippen LogP) is 2.24. The number of alkyl halides is 3. The van der Waals surface area contributed by atoms with E-state index in [1.54, 1.807) is 6.07 Å². The van der Waals surface area contributed by atoms with Gasteiger partial charge in [-0.2, -0.15) is 18.4 Å². The van der Waals surface area contributed by atoms with Gasteiger partial charge in [0.2, 0.25) is 10.0 Å². The van der Waals surface area contributed by atoms with Crippen molar-refractivity contribution < 1.29 is 26.4 Å². The number of nitrogens with zero attached hydrogens (tertiary/aromatic N) is 1. The van der Waals surface area contributed by atoms with Crippen LogP contribution in [0, 0.1) is 11.3 Å². The van der Waals surface area contributed by atoms with Gasteiger partial charge in [0.15, 0.2) is 0 Å². The number of carbonyl (C=O) groups is 1. The summed E-state index contributed by atoms with van der Waals surface area (Å²) in [5, 5.41) is 8.73. The molecule has 0 atom stereocenters. The van der Waals surface area contributed by atoms with Crippen LogP contribution in [0.1, 0.15) is 21.5 Å². The van der Waals surface area contributed by atoms with Crippen molar-refractivity contribution in [3.05, 3.63) is 59.2 Å². The zero-order chi connectivity index (χ0) is 20.2. The van der Waals surface area contributed by atoms with Crippen molar-refractivity contribution in [2.24, 2.45) is 0 Å². The molecule has 0 radical (unpaired) electrons. The molecule has 0 bridgehead atoms. The van der Waals surface area contributed by atoms with E-state index in [1.807, 2.05) is 0 Å². The number of hydrazine groups is 1. The summed E-state index contributed by atoms with van der Waals surface area (Å²) in [5.74, 6) is -0.777. The van der Waals surface area contributed by atoms with Crippen LogP contribution in [0.2, 0.25) is 0 Å². The summed E-state index contributed by atoms with van der Waals surface area (Å²) < 4.78 is 64.6. The van der Waals surface area contributed by atoms with E-state index in [2.05, 4.69) is 15.6 Å². The lowest BCUT2D eigenvalue weighted by Crippen LogP contribution is -2.30. The largest absolute Gasteiger partial charge is 0.418 e. The first kappa shape index (κ1) is 20.2. The fourth-order valence-corrected chi connectivity index (χ4v) is 2.79. The van der Waals surface area contributed by atoms with Crippen molar-refractivity contribution in [2.75, 3.05) is 12.5 Å². The quantitative estimate of drug-likeness (QED) is 0.669. The van der Waals surface area contributed by atoms with E-state index < -0.39 is 33.4 Å². The van der Waals surface area contributed by atoms with Crippen LogP contribution in [0.5, 0.6) is 0 Å². The van der Waals surface area contributed by atoms with Gasteiger partial charge in [-0.1, -0.05) is 0 Å². The van der Waals surface area contributed by atoms with Gasteiger partial charge in [0.25, 0.3) is 5.91 Å². The number of benzene rings is 2. The van der Waals surface area contributed by atoms with Crippen LogP contribution in [0.4, 0.5) is 18.9 Å². The van der Waals surface area contributed by atoms with Crippen molar-refractivity contribution >= 4 is 21.6 Å². The molecule has 0 aliphatic heterocycles. The second-order valence-corrected chi connectivity index (χ2v) is 7.07. The fourth-order valence-electron chi connectivity index (χ4n) is 2.06. The number of amides is 1. The molecule has 0 fully saturated rings. The Kier molecular flexibility index (Phi) is 5.72. The molecule has 0 aliphatic carbocycles. The highest BCUT2D eigenvalue weighted by atomic mass is 32.2. The molecule has 142 valence electrons. The van der Waals surface area contributed by atoms with Crippen molar-refractivity contribution in [1.82, 2.24) is 10.1 Å². The molecular formula is C16H13F3N4O3S. The zero-order valence-electron chi connectivity index (χ0n) is 13.8. The van der Waals surface area contributed by atoms with Crippen molar-refractivity contribution in [1.29, 1.82) is 5.26 Å². The maximum Gasteiger partial charge on any atom is 0.418 e. The number of carbonyl (C=O) groups excluding carboxylic acids is 1. The minimum Gasteiger partial charge on any atom is -0.298 e. The monoisotopic (exact) mass is 398 g/mol. The molecule has 0 saturated heterocycles. The average molecular weight is 398 g/mol. The molecule has 2 rings (SSSR count). The van der Waals surface area contributed by atoms with Gasteiger partial charge in [0.05, 0.1) is 27.8 Å². The number of nitriles is 1. The van der Waals surface area contributed by atoms with Crippen molar-refractivity contribution in [3.8, 4) is 6.07 Å². The third kappa shape index (κ3) is 4.75. The molecular weight excluding hydrogens is 385 g/mol. The molecule has 0 unspecified atom stereocenters. The van der Waals surface area contributed by atoms with E-state index >= 15 is 0 Å². The van der Waals surface area contributed by atoms with Gasteiger partial charge in [0, 0.05) is 5.56 Å². The van der Waals surface area contributed by atoms with Gasteiger partial charge in [-0.05, 0) is 49.5 Å². The van der Waals surface area contributed by atoms with Crippen LogP contribution in [0.25, 0.3) is 0 Å². The third-order valence-corrected chi connectivity index (χ3v) is 4.89. The van der Waals surface area contributed by atoms with Crippen LogP contribution in [-0.4, -0.2) is 21.4 Å². The fraction of sp³-hybridized carbons (Fsp3) is 0.125. The number of rotatable bonds is 5. The molecule has 0 aromatic heterocycles. The van der Waals surface area contributed by atoms with E-state index in [9.17, 15) is 26.4 Å². The highest BCUT2D eigenvalue weighted by molar-refractivity contribution is 7.89. The second-order valence-electron chi connectivity index (χ2n) is 5.18. The Hall–Kier alpha value is -3.10. The Labute approximate surface area is 152 Å². The number of anilines is 1. The molecule has 0 heterocycles. The highest BCUT2D eigenvalue weighted by Gasteiger charge is 2.34. The van der Waals surface area contributed by atoms with Gasteiger partial charge >= 0.3 is 6.18 Å². The van der Waals surface area contributed by atoms with E-state index in [0.717, 1.165) is 6.07 Å². The van der Waals surface area contributed by atoms with Gasteiger partial charge in [0.1, 0.15) is 0 Å². The topological polar surface area (TPSA) is 111 Å². The molecule has 27 heavy (non-hydrogen) atoms. The van der Waals surface area contributed by atoms with E-state index in [1.165, 1.54) is 37.4 Å². The Morgan fingerprint density at radius 1 is 1.11 bits per heavy atom. The summed E-state index contributed by atoms with van der Waals surface area (Å²) in [4.78, 5) is 12.0. The lowest BCUT2D eigenvalue weighted by molar-refractivity contribution is -0.137. The first-order chi connectivity index (χ1) is 12.6. The van der Waals surface area contributed by atoms with Crippen molar-refractivity contribution in [2.45, 2.75) is 11.1 Å². The van der Waals surface area contributed by atoms with Crippen LogP contribution >= 0.6 is 0 Å².